The van der Waals surface area contributed by atoms with Gasteiger partial charge in [-0.3, -0.25) is 0 Å². The van der Waals surface area contributed by atoms with Crippen LogP contribution in [0.1, 0.15) is 12.8 Å². The highest BCUT2D eigenvalue weighted by Crippen LogP contribution is 2.40. The Morgan fingerprint density at radius 2 is 2.14 bits per heavy atom. The number of esters is 1. The first-order valence-corrected chi connectivity index (χ1v) is 7.21. The lowest BCUT2D eigenvalue weighted by Gasteiger charge is -2.30. The summed E-state index contributed by atoms with van der Waals surface area (Å²) in [5, 5.41) is 3.13. The average Bonchev–Trinajstić information content (AvgIpc) is 3.33. The molecule has 21 heavy (non-hydrogen) atoms. The van der Waals surface area contributed by atoms with E-state index in [9.17, 15) is 4.79 Å². The van der Waals surface area contributed by atoms with Gasteiger partial charge in [0.1, 0.15) is 12.4 Å². The number of nitrogens with one attached hydrogen (secondary N) is 1. The summed E-state index contributed by atoms with van der Waals surface area (Å²) in [5.41, 5.74) is 0.315. The first-order chi connectivity index (χ1) is 10.0. The van der Waals surface area contributed by atoms with Crippen LogP contribution in [0.15, 0.2) is 24.3 Å². The summed E-state index contributed by atoms with van der Waals surface area (Å²) in [6.07, 6.45) is 2.05. The van der Waals surface area contributed by atoms with Crippen molar-refractivity contribution in [3.05, 3.63) is 24.3 Å². The number of rotatable bonds is 7. The van der Waals surface area contributed by atoms with Crippen LogP contribution in [-0.2, 0) is 9.53 Å². The van der Waals surface area contributed by atoms with Gasteiger partial charge in [0, 0.05) is 25.8 Å². The summed E-state index contributed by atoms with van der Waals surface area (Å²) in [6, 6.07) is 7.82. The van der Waals surface area contributed by atoms with Crippen LogP contribution in [0.4, 0.5) is 5.69 Å². The minimum atomic E-state index is -0.747. The number of likely N-dealkylation sites (N-methyl/N-ethyl adjacent to an activating group) is 1. The third-order valence-corrected chi connectivity index (χ3v) is 4.07. The Hall–Kier alpha value is -1.75. The molecule has 5 nitrogen and oxygen atoms in total. The lowest BCUT2D eigenvalue weighted by atomic mass is 9.94. The van der Waals surface area contributed by atoms with Crippen LogP contribution in [-0.4, -0.2) is 46.4 Å². The molecule has 1 N–H and O–H groups in total. The van der Waals surface area contributed by atoms with Crippen LogP contribution < -0.4 is 15.0 Å². The molecule has 1 unspecified atom stereocenters. The molecule has 1 aliphatic rings. The maximum Gasteiger partial charge on any atom is 0.329 e. The molecule has 1 saturated carbocycles. The highest BCUT2D eigenvalue weighted by atomic mass is 16.5. The zero-order valence-electron chi connectivity index (χ0n) is 13.2. The molecule has 1 fully saturated rings. The second kappa shape index (κ2) is 6.35. The molecule has 0 radical (unpaired) electrons. The van der Waals surface area contributed by atoms with E-state index >= 15 is 0 Å². The van der Waals surface area contributed by atoms with Gasteiger partial charge in [-0.2, -0.15) is 0 Å². The first-order valence-electron chi connectivity index (χ1n) is 7.21. The lowest BCUT2D eigenvalue weighted by Crippen LogP contribution is -2.57. The van der Waals surface area contributed by atoms with Crippen LogP contribution >= 0.6 is 0 Å². The summed E-state index contributed by atoms with van der Waals surface area (Å²) >= 11 is 0. The summed E-state index contributed by atoms with van der Waals surface area (Å²) in [7, 11) is 7.17. The van der Waals surface area contributed by atoms with Crippen molar-refractivity contribution in [2.45, 2.75) is 18.4 Å². The molecule has 0 aliphatic heterocycles. The molecule has 0 spiro atoms. The molecule has 0 aromatic heterocycles. The number of nitrogens with zero attached hydrogens (tertiary/aromatic N) is 1. The van der Waals surface area contributed by atoms with E-state index in [0.717, 1.165) is 24.3 Å². The van der Waals surface area contributed by atoms with E-state index in [0.29, 0.717) is 0 Å². The summed E-state index contributed by atoms with van der Waals surface area (Å²) < 4.78 is 10.9. The molecule has 2 rings (SSSR count). The maximum absolute atomic E-state index is 12.2. The van der Waals surface area contributed by atoms with Gasteiger partial charge in [-0.05, 0) is 37.9 Å². The van der Waals surface area contributed by atoms with Crippen molar-refractivity contribution in [3.8, 4) is 5.75 Å². The van der Waals surface area contributed by atoms with Crippen molar-refractivity contribution in [1.29, 1.82) is 0 Å². The SMILES string of the molecule is CNC(COc1cccc(N(C)C)c1)(C(=O)OC)C1CC1. The van der Waals surface area contributed by atoms with Gasteiger partial charge < -0.3 is 19.7 Å². The fourth-order valence-corrected chi connectivity index (χ4v) is 2.53. The molecule has 1 atom stereocenters. The molecule has 116 valence electrons. The smallest absolute Gasteiger partial charge is 0.329 e. The predicted molar refractivity (Wildman–Crippen MR) is 82.8 cm³/mol. The van der Waals surface area contributed by atoms with Crippen molar-refractivity contribution in [3.63, 3.8) is 0 Å². The monoisotopic (exact) mass is 292 g/mol. The molecule has 1 aromatic carbocycles. The van der Waals surface area contributed by atoms with E-state index in [1.165, 1.54) is 7.11 Å². The average molecular weight is 292 g/mol. The van der Waals surface area contributed by atoms with Gasteiger partial charge in [-0.25, -0.2) is 4.79 Å². The van der Waals surface area contributed by atoms with Crippen molar-refractivity contribution < 1.29 is 14.3 Å². The molecule has 1 aliphatic carbocycles. The Labute approximate surface area is 126 Å². The Bertz CT molecular complexity index is 500. The number of benzene rings is 1. The number of carbonyl (C=O) groups excluding carboxylic acids is 1. The van der Waals surface area contributed by atoms with E-state index < -0.39 is 5.54 Å². The lowest BCUT2D eigenvalue weighted by molar-refractivity contribution is -0.151. The number of carbonyl (C=O) groups is 1. The highest BCUT2D eigenvalue weighted by Gasteiger charge is 2.51. The van der Waals surface area contributed by atoms with Crippen LogP contribution in [0.3, 0.4) is 0 Å². The minimum Gasteiger partial charge on any atom is -0.491 e. The van der Waals surface area contributed by atoms with Crippen molar-refractivity contribution in [2.75, 3.05) is 39.8 Å². The van der Waals surface area contributed by atoms with Gasteiger partial charge in [0.15, 0.2) is 5.54 Å². The van der Waals surface area contributed by atoms with Crippen LogP contribution in [0, 0.1) is 5.92 Å². The zero-order chi connectivity index (χ0) is 15.5. The Morgan fingerprint density at radius 1 is 1.43 bits per heavy atom. The number of ether oxygens (including phenoxy) is 2. The van der Waals surface area contributed by atoms with Crippen LogP contribution in [0.25, 0.3) is 0 Å². The van der Waals surface area contributed by atoms with Gasteiger partial charge in [0.05, 0.1) is 7.11 Å². The fourth-order valence-electron chi connectivity index (χ4n) is 2.53. The van der Waals surface area contributed by atoms with Crippen molar-refractivity contribution in [1.82, 2.24) is 5.32 Å². The number of anilines is 1. The second-order valence-electron chi connectivity index (χ2n) is 5.67. The molecule has 0 saturated heterocycles. The number of hydrogen-bond donors (Lipinski definition) is 1. The zero-order valence-corrected chi connectivity index (χ0v) is 13.2. The fraction of sp³-hybridized carbons (Fsp3) is 0.562. The third-order valence-electron chi connectivity index (χ3n) is 4.07. The van der Waals surface area contributed by atoms with Gasteiger partial charge in [0.2, 0.25) is 0 Å². The molecular formula is C16H24N2O3. The van der Waals surface area contributed by atoms with E-state index in [-0.39, 0.29) is 18.5 Å². The van der Waals surface area contributed by atoms with Gasteiger partial charge in [-0.1, -0.05) is 6.07 Å². The quantitative estimate of drug-likeness (QED) is 0.775. The van der Waals surface area contributed by atoms with Gasteiger partial charge in [0.25, 0.3) is 0 Å². The van der Waals surface area contributed by atoms with Crippen LogP contribution in [0.2, 0.25) is 0 Å². The summed E-state index contributed by atoms with van der Waals surface area (Å²) in [4.78, 5) is 14.2. The highest BCUT2D eigenvalue weighted by molar-refractivity contribution is 5.82. The van der Waals surface area contributed by atoms with E-state index in [2.05, 4.69) is 5.32 Å². The van der Waals surface area contributed by atoms with E-state index in [1.807, 2.05) is 43.3 Å². The Kier molecular flexibility index (Phi) is 4.73. The maximum atomic E-state index is 12.2. The summed E-state index contributed by atoms with van der Waals surface area (Å²) in [6.45, 7) is 0.276. The topological polar surface area (TPSA) is 50.8 Å². The third kappa shape index (κ3) is 3.29. The second-order valence-corrected chi connectivity index (χ2v) is 5.67. The normalized spacial score (nSPS) is 17.0. The standard InChI is InChI=1S/C16H24N2O3/c1-17-16(12-8-9-12,15(19)20-4)11-21-14-7-5-6-13(10-14)18(2)3/h5-7,10,12,17H,8-9,11H2,1-4H3. The summed E-state index contributed by atoms with van der Waals surface area (Å²) in [5.74, 6) is 0.786. The Morgan fingerprint density at radius 3 is 2.67 bits per heavy atom. The molecule has 0 heterocycles. The molecule has 0 bridgehead atoms. The largest absolute Gasteiger partial charge is 0.491 e. The van der Waals surface area contributed by atoms with E-state index in [4.69, 9.17) is 9.47 Å². The van der Waals surface area contributed by atoms with Gasteiger partial charge in [-0.15, -0.1) is 0 Å². The number of hydrogen-bond acceptors (Lipinski definition) is 5. The Balaban J connectivity index is 2.11. The van der Waals surface area contributed by atoms with Crippen LogP contribution in [0.5, 0.6) is 5.75 Å². The molecule has 5 heteroatoms. The van der Waals surface area contributed by atoms with E-state index in [1.54, 1.807) is 7.05 Å². The molecule has 1 aromatic rings. The molecular weight excluding hydrogens is 268 g/mol. The number of methoxy groups -OCH3 is 1. The minimum absolute atomic E-state index is 0.253. The predicted octanol–water partition coefficient (Wildman–Crippen LogP) is 1.67. The molecule has 0 amide bonds. The van der Waals surface area contributed by atoms with Gasteiger partial charge >= 0.3 is 5.97 Å². The van der Waals surface area contributed by atoms with Crippen molar-refractivity contribution >= 4 is 11.7 Å². The first kappa shape index (κ1) is 15.6. The van der Waals surface area contributed by atoms with Crippen molar-refractivity contribution in [2.24, 2.45) is 5.92 Å².